The van der Waals surface area contributed by atoms with Gasteiger partial charge >= 0.3 is 0 Å². The Balaban J connectivity index is 1.38. The van der Waals surface area contributed by atoms with E-state index in [1.165, 1.54) is 12.1 Å². The van der Waals surface area contributed by atoms with Crippen molar-refractivity contribution in [1.29, 1.82) is 0 Å². The summed E-state index contributed by atoms with van der Waals surface area (Å²) in [6.45, 7) is 1.73. The molecule has 1 saturated heterocycles. The molecule has 0 spiro atoms. The van der Waals surface area contributed by atoms with Gasteiger partial charge in [-0.2, -0.15) is 10.2 Å². The molecule has 1 atom stereocenters. The van der Waals surface area contributed by atoms with Crippen molar-refractivity contribution < 1.29 is 18.6 Å². The molecule has 3 aromatic heterocycles. The van der Waals surface area contributed by atoms with Crippen LogP contribution in [0.3, 0.4) is 0 Å². The van der Waals surface area contributed by atoms with E-state index in [0.29, 0.717) is 29.0 Å². The Bertz CT molecular complexity index is 1680. The Hall–Kier alpha value is -4.48. The van der Waals surface area contributed by atoms with E-state index in [2.05, 4.69) is 16.3 Å². The second-order valence-corrected chi connectivity index (χ2v) is 10.2. The molecule has 1 unspecified atom stereocenters. The van der Waals surface area contributed by atoms with Crippen molar-refractivity contribution in [3.8, 4) is 28.1 Å². The number of fused-ring (bicyclic) bond motifs is 1. The number of nitrogens with zero attached hydrogens (tertiary/aromatic N) is 5. The van der Waals surface area contributed by atoms with Crippen LogP contribution in [0.15, 0.2) is 61.1 Å². The predicted molar refractivity (Wildman–Crippen MR) is 155 cm³/mol. The number of ether oxygens (including phenoxy) is 3. The molecule has 1 aliphatic rings. The van der Waals surface area contributed by atoms with E-state index in [0.717, 1.165) is 59.2 Å². The summed E-state index contributed by atoms with van der Waals surface area (Å²) in [6.07, 6.45) is 7.04. The minimum absolute atomic E-state index is 0.254. The summed E-state index contributed by atoms with van der Waals surface area (Å²) in [4.78, 5) is 4.53. The Labute approximate surface area is 236 Å². The molecular weight excluding hydrogens is 525 g/mol. The molecule has 0 bridgehead atoms. The molecule has 0 saturated carbocycles. The number of methoxy groups -OCH3 is 1. The second-order valence-electron chi connectivity index (χ2n) is 10.2. The van der Waals surface area contributed by atoms with Crippen LogP contribution in [-0.4, -0.2) is 51.5 Å². The summed E-state index contributed by atoms with van der Waals surface area (Å²) in [7, 11) is 3.47. The Morgan fingerprint density at radius 3 is 2.61 bits per heavy atom. The Morgan fingerprint density at radius 1 is 1.07 bits per heavy atom. The molecule has 4 N–H and O–H groups in total. The van der Waals surface area contributed by atoms with E-state index in [1.807, 2.05) is 34.7 Å². The van der Waals surface area contributed by atoms with Gasteiger partial charge in [0.2, 0.25) is 0 Å². The number of aromatic nitrogens is 5. The third-order valence-electron chi connectivity index (χ3n) is 7.48. The summed E-state index contributed by atoms with van der Waals surface area (Å²) in [5.74, 6) is 0.495. The van der Waals surface area contributed by atoms with Crippen LogP contribution in [0.25, 0.3) is 33.3 Å². The van der Waals surface area contributed by atoms with Crippen LogP contribution in [0.1, 0.15) is 30.6 Å². The quantitative estimate of drug-likeness (QED) is 0.257. The molecule has 212 valence electrons. The van der Waals surface area contributed by atoms with Crippen LogP contribution in [-0.2, 0) is 16.5 Å². The van der Waals surface area contributed by atoms with Gasteiger partial charge < -0.3 is 25.7 Å². The van der Waals surface area contributed by atoms with Crippen molar-refractivity contribution in [1.82, 2.24) is 24.5 Å². The maximum Gasteiger partial charge on any atom is 0.147 e. The van der Waals surface area contributed by atoms with Gasteiger partial charge in [-0.25, -0.2) is 9.37 Å². The van der Waals surface area contributed by atoms with Gasteiger partial charge in [-0.1, -0.05) is 18.2 Å². The number of hydrogen-bond acceptors (Lipinski definition) is 8. The first-order chi connectivity index (χ1) is 19.9. The molecule has 5 aromatic rings. The Morgan fingerprint density at radius 2 is 1.85 bits per heavy atom. The predicted octanol–water partition coefficient (Wildman–Crippen LogP) is 4.92. The first-order valence-corrected chi connectivity index (χ1v) is 13.5. The Kier molecular flexibility index (Phi) is 7.29. The average Bonchev–Trinajstić information content (AvgIpc) is 3.61. The zero-order valence-electron chi connectivity index (χ0n) is 23.0. The molecule has 1 aliphatic heterocycles. The SMILES string of the molecule is COCC(Oc1cc(-c2nn(C)c3c(-c4cnn(C5CCOCC5)c4)cnc(N)c23)ccc1N)c1ccc(F)cc1. The minimum atomic E-state index is -0.496. The van der Waals surface area contributed by atoms with Gasteiger partial charge in [0.05, 0.1) is 35.4 Å². The molecule has 4 heterocycles. The van der Waals surface area contributed by atoms with Gasteiger partial charge in [0.25, 0.3) is 0 Å². The standard InChI is InChI=1S/C30H32FN7O3/c1-37-29-23(20-14-35-38(16-20)22-9-11-40-12-10-22)15-34-30(33)27(29)28(36-37)19-5-8-24(32)25(13-19)41-26(17-39-2)18-3-6-21(31)7-4-18/h3-8,13-16,22,26H,9-12,17,32H2,1-2H3,(H2,33,34). The molecule has 11 heteroatoms. The molecular formula is C30H32FN7O3. The van der Waals surface area contributed by atoms with Crippen molar-refractivity contribution in [2.75, 3.05) is 38.4 Å². The fourth-order valence-corrected chi connectivity index (χ4v) is 5.34. The zero-order valence-corrected chi connectivity index (χ0v) is 23.0. The van der Waals surface area contributed by atoms with Crippen LogP contribution in [0, 0.1) is 5.82 Å². The maximum absolute atomic E-state index is 13.5. The van der Waals surface area contributed by atoms with E-state index >= 15 is 0 Å². The van der Waals surface area contributed by atoms with Crippen LogP contribution < -0.4 is 16.2 Å². The molecule has 41 heavy (non-hydrogen) atoms. The molecule has 0 amide bonds. The van der Waals surface area contributed by atoms with E-state index in [9.17, 15) is 4.39 Å². The fourth-order valence-electron chi connectivity index (χ4n) is 5.34. The molecule has 0 aliphatic carbocycles. The summed E-state index contributed by atoms with van der Waals surface area (Å²) in [5, 5.41) is 10.2. The number of nitrogens with two attached hydrogens (primary N) is 2. The third-order valence-corrected chi connectivity index (χ3v) is 7.48. The highest BCUT2D eigenvalue weighted by Gasteiger charge is 2.23. The number of nitrogen functional groups attached to an aromatic ring is 2. The number of rotatable bonds is 8. The maximum atomic E-state index is 13.5. The largest absolute Gasteiger partial charge is 0.481 e. The minimum Gasteiger partial charge on any atom is -0.481 e. The van der Waals surface area contributed by atoms with Crippen molar-refractivity contribution >= 4 is 22.4 Å². The van der Waals surface area contributed by atoms with Gasteiger partial charge in [0.15, 0.2) is 0 Å². The summed E-state index contributed by atoms with van der Waals surface area (Å²) >= 11 is 0. The monoisotopic (exact) mass is 557 g/mol. The number of aryl methyl sites for hydroxylation is 1. The van der Waals surface area contributed by atoms with Crippen LogP contribution in [0.4, 0.5) is 15.9 Å². The topological polar surface area (TPSA) is 128 Å². The summed E-state index contributed by atoms with van der Waals surface area (Å²) < 4.78 is 34.5. The molecule has 6 rings (SSSR count). The highest BCUT2D eigenvalue weighted by molar-refractivity contribution is 6.06. The lowest BCUT2D eigenvalue weighted by atomic mass is 10.0. The van der Waals surface area contributed by atoms with Gasteiger partial charge in [0, 0.05) is 56.5 Å². The van der Waals surface area contributed by atoms with Gasteiger partial charge in [-0.05, 0) is 42.7 Å². The molecule has 1 fully saturated rings. The van der Waals surface area contributed by atoms with Gasteiger partial charge in [-0.15, -0.1) is 0 Å². The van der Waals surface area contributed by atoms with Gasteiger partial charge in [-0.3, -0.25) is 9.36 Å². The normalized spacial score (nSPS) is 14.9. The lowest BCUT2D eigenvalue weighted by Gasteiger charge is -2.22. The molecule has 2 aromatic carbocycles. The number of hydrogen-bond donors (Lipinski definition) is 2. The second kappa shape index (κ2) is 11.2. The molecule has 0 radical (unpaired) electrons. The van der Waals surface area contributed by atoms with Crippen LogP contribution in [0.5, 0.6) is 5.75 Å². The first-order valence-electron chi connectivity index (χ1n) is 13.5. The molecule has 10 nitrogen and oxygen atoms in total. The van der Waals surface area contributed by atoms with Crippen LogP contribution >= 0.6 is 0 Å². The number of halogens is 1. The van der Waals surface area contributed by atoms with E-state index < -0.39 is 6.10 Å². The number of anilines is 2. The first kappa shape index (κ1) is 26.7. The lowest BCUT2D eigenvalue weighted by Crippen LogP contribution is -2.19. The lowest BCUT2D eigenvalue weighted by molar-refractivity contribution is 0.0662. The van der Waals surface area contributed by atoms with E-state index in [-0.39, 0.29) is 12.4 Å². The summed E-state index contributed by atoms with van der Waals surface area (Å²) in [6, 6.07) is 11.9. The average molecular weight is 558 g/mol. The van der Waals surface area contributed by atoms with Crippen LogP contribution in [0.2, 0.25) is 0 Å². The van der Waals surface area contributed by atoms with Crippen molar-refractivity contribution in [2.24, 2.45) is 7.05 Å². The number of benzene rings is 2. The highest BCUT2D eigenvalue weighted by Crippen LogP contribution is 2.39. The smallest absolute Gasteiger partial charge is 0.147 e. The van der Waals surface area contributed by atoms with E-state index in [1.54, 1.807) is 31.5 Å². The van der Waals surface area contributed by atoms with Gasteiger partial charge in [0.1, 0.15) is 29.2 Å². The fraction of sp³-hybridized carbons (Fsp3) is 0.300. The summed E-state index contributed by atoms with van der Waals surface area (Å²) in [5.41, 5.74) is 18.1. The number of pyridine rings is 1. The third kappa shape index (κ3) is 5.21. The highest BCUT2D eigenvalue weighted by atomic mass is 19.1. The van der Waals surface area contributed by atoms with Crippen molar-refractivity contribution in [3.05, 3.63) is 72.4 Å². The van der Waals surface area contributed by atoms with Crippen molar-refractivity contribution in [2.45, 2.75) is 25.0 Å². The van der Waals surface area contributed by atoms with Crippen molar-refractivity contribution in [3.63, 3.8) is 0 Å². The van der Waals surface area contributed by atoms with E-state index in [4.69, 9.17) is 30.8 Å². The zero-order chi connectivity index (χ0) is 28.5.